The molecule has 0 bridgehead atoms. The number of likely N-dealkylation sites (tertiary alicyclic amines) is 1. The molecule has 2 unspecified atom stereocenters. The molecule has 0 radical (unpaired) electrons. The number of aromatic nitrogens is 2. The SMILES string of the molecule is CCNC(=NCc1nc2ccccc2n1C)N1CC2OCCN(Cc3ccccc3)C2C1. The number of fused-ring (bicyclic) bond motifs is 2. The van der Waals surface area contributed by atoms with Crippen LogP contribution in [0.1, 0.15) is 18.3 Å². The number of hydrogen-bond donors (Lipinski definition) is 1. The lowest BCUT2D eigenvalue weighted by molar-refractivity contribution is -0.0502. The highest BCUT2D eigenvalue weighted by Gasteiger charge is 2.41. The second kappa shape index (κ2) is 9.30. The van der Waals surface area contributed by atoms with Crippen molar-refractivity contribution >= 4 is 17.0 Å². The summed E-state index contributed by atoms with van der Waals surface area (Å²) in [6, 6.07) is 19.3. The van der Waals surface area contributed by atoms with E-state index in [0.717, 1.165) is 62.1 Å². The lowest BCUT2D eigenvalue weighted by Gasteiger charge is -2.36. The Balaban J connectivity index is 1.32. The quantitative estimate of drug-likeness (QED) is 0.496. The third-order valence-electron chi connectivity index (χ3n) is 6.53. The second-order valence-corrected chi connectivity index (χ2v) is 8.58. The first kappa shape index (κ1) is 21.0. The predicted octanol–water partition coefficient (Wildman–Crippen LogP) is 2.62. The first-order chi connectivity index (χ1) is 15.7. The highest BCUT2D eigenvalue weighted by Crippen LogP contribution is 2.25. The van der Waals surface area contributed by atoms with Crippen LogP contribution in [-0.4, -0.2) is 70.2 Å². The Labute approximate surface area is 189 Å². The molecule has 3 aromatic rings. The van der Waals surface area contributed by atoms with Gasteiger partial charge in [-0.2, -0.15) is 0 Å². The van der Waals surface area contributed by atoms with Crippen molar-refractivity contribution in [3.8, 4) is 0 Å². The van der Waals surface area contributed by atoms with Crippen LogP contribution in [0, 0.1) is 0 Å². The van der Waals surface area contributed by atoms with Gasteiger partial charge in [0.05, 0.1) is 29.8 Å². The van der Waals surface area contributed by atoms with Crippen LogP contribution in [0.25, 0.3) is 11.0 Å². The Bertz CT molecular complexity index is 1080. The second-order valence-electron chi connectivity index (χ2n) is 8.58. The van der Waals surface area contributed by atoms with Crippen molar-refractivity contribution in [1.82, 2.24) is 24.7 Å². The Morgan fingerprint density at radius 1 is 1.12 bits per heavy atom. The highest BCUT2D eigenvalue weighted by molar-refractivity contribution is 5.80. The number of aryl methyl sites for hydroxylation is 1. The molecule has 2 atom stereocenters. The van der Waals surface area contributed by atoms with Crippen molar-refractivity contribution in [2.75, 3.05) is 32.8 Å². The van der Waals surface area contributed by atoms with E-state index in [9.17, 15) is 0 Å². The predicted molar refractivity (Wildman–Crippen MR) is 127 cm³/mol. The van der Waals surface area contributed by atoms with E-state index in [1.54, 1.807) is 0 Å². The molecule has 0 amide bonds. The van der Waals surface area contributed by atoms with Gasteiger partial charge in [0.1, 0.15) is 12.4 Å². The van der Waals surface area contributed by atoms with E-state index in [1.165, 1.54) is 5.56 Å². The molecule has 0 saturated carbocycles. The van der Waals surface area contributed by atoms with Gasteiger partial charge in [-0.3, -0.25) is 4.90 Å². The summed E-state index contributed by atoms with van der Waals surface area (Å²) in [5.41, 5.74) is 3.51. The summed E-state index contributed by atoms with van der Waals surface area (Å²) >= 11 is 0. The minimum atomic E-state index is 0.215. The lowest BCUT2D eigenvalue weighted by atomic mass is 10.1. The molecule has 2 saturated heterocycles. The normalized spacial score (nSPS) is 21.8. The Hall–Kier alpha value is -2.90. The first-order valence-corrected chi connectivity index (χ1v) is 11.6. The lowest BCUT2D eigenvalue weighted by Crippen LogP contribution is -2.50. The fourth-order valence-corrected chi connectivity index (χ4v) is 4.85. The van der Waals surface area contributed by atoms with Crippen LogP contribution in [0.15, 0.2) is 59.6 Å². The van der Waals surface area contributed by atoms with Gasteiger partial charge in [-0.05, 0) is 24.6 Å². The smallest absolute Gasteiger partial charge is 0.194 e. The van der Waals surface area contributed by atoms with E-state index in [1.807, 2.05) is 12.1 Å². The molecule has 3 heterocycles. The molecule has 32 heavy (non-hydrogen) atoms. The number of benzene rings is 2. The van der Waals surface area contributed by atoms with Crippen LogP contribution in [0.5, 0.6) is 0 Å². The van der Waals surface area contributed by atoms with Crippen LogP contribution in [0.3, 0.4) is 0 Å². The van der Waals surface area contributed by atoms with Gasteiger partial charge in [-0.15, -0.1) is 0 Å². The topological polar surface area (TPSA) is 57.9 Å². The van der Waals surface area contributed by atoms with Crippen molar-refractivity contribution in [3.05, 3.63) is 66.0 Å². The van der Waals surface area contributed by atoms with Gasteiger partial charge in [-0.1, -0.05) is 42.5 Å². The Morgan fingerprint density at radius 2 is 1.94 bits per heavy atom. The minimum Gasteiger partial charge on any atom is -0.373 e. The maximum Gasteiger partial charge on any atom is 0.194 e. The molecule has 1 aromatic heterocycles. The van der Waals surface area contributed by atoms with Crippen LogP contribution in [0.2, 0.25) is 0 Å². The van der Waals surface area contributed by atoms with E-state index >= 15 is 0 Å². The number of guanidine groups is 1. The Morgan fingerprint density at radius 3 is 2.75 bits per heavy atom. The fourth-order valence-electron chi connectivity index (χ4n) is 4.85. The summed E-state index contributed by atoms with van der Waals surface area (Å²) in [5, 5.41) is 3.49. The third kappa shape index (κ3) is 4.23. The average Bonchev–Trinajstić information content (AvgIpc) is 3.40. The van der Waals surface area contributed by atoms with E-state index in [0.29, 0.717) is 12.6 Å². The highest BCUT2D eigenvalue weighted by atomic mass is 16.5. The zero-order chi connectivity index (χ0) is 21.9. The van der Waals surface area contributed by atoms with Crippen molar-refractivity contribution < 1.29 is 4.74 Å². The number of nitrogens with zero attached hydrogens (tertiary/aromatic N) is 5. The molecule has 0 aliphatic carbocycles. The van der Waals surface area contributed by atoms with Crippen LogP contribution in [-0.2, 0) is 24.9 Å². The number of morpholine rings is 1. The fraction of sp³-hybridized carbons (Fsp3) is 0.440. The van der Waals surface area contributed by atoms with Gasteiger partial charge < -0.3 is 19.5 Å². The number of para-hydroxylation sites is 2. The molecular formula is C25H32N6O. The van der Waals surface area contributed by atoms with Crippen LogP contribution in [0.4, 0.5) is 0 Å². The van der Waals surface area contributed by atoms with Crippen LogP contribution >= 0.6 is 0 Å². The molecular weight excluding hydrogens is 400 g/mol. The summed E-state index contributed by atoms with van der Waals surface area (Å²) in [6.07, 6.45) is 0.215. The summed E-state index contributed by atoms with van der Waals surface area (Å²) in [7, 11) is 2.06. The molecule has 168 valence electrons. The maximum atomic E-state index is 6.17. The van der Waals surface area contributed by atoms with Gasteiger partial charge in [0.25, 0.3) is 0 Å². The van der Waals surface area contributed by atoms with Crippen LogP contribution < -0.4 is 5.32 Å². The number of hydrogen-bond acceptors (Lipinski definition) is 4. The summed E-state index contributed by atoms with van der Waals surface area (Å²) < 4.78 is 8.30. The van der Waals surface area contributed by atoms with Gasteiger partial charge in [0, 0.05) is 39.8 Å². The van der Waals surface area contributed by atoms with Gasteiger partial charge in [0.2, 0.25) is 0 Å². The molecule has 7 nitrogen and oxygen atoms in total. The minimum absolute atomic E-state index is 0.215. The third-order valence-corrected chi connectivity index (χ3v) is 6.53. The van der Waals surface area contributed by atoms with E-state index in [2.05, 4.69) is 76.1 Å². The molecule has 2 aromatic carbocycles. The summed E-state index contributed by atoms with van der Waals surface area (Å²) in [6.45, 7) is 8.01. The Kier molecular flexibility index (Phi) is 6.10. The number of nitrogens with one attached hydrogen (secondary N) is 1. The number of rotatable bonds is 5. The summed E-state index contributed by atoms with van der Waals surface area (Å²) in [5.74, 6) is 1.91. The number of aliphatic imine (C=N–C) groups is 1. The zero-order valence-corrected chi connectivity index (χ0v) is 18.9. The standard InChI is InChI=1S/C25H32N6O/c1-3-26-25(27-15-24-28-20-11-7-8-12-21(20)29(24)2)31-17-22-23(18-31)32-14-13-30(22)16-19-9-5-4-6-10-19/h4-12,22-23H,3,13-18H2,1-2H3,(H,26,27). The molecule has 2 aliphatic rings. The molecule has 1 N–H and O–H groups in total. The van der Waals surface area contributed by atoms with Crippen molar-refractivity contribution in [1.29, 1.82) is 0 Å². The van der Waals surface area contributed by atoms with E-state index in [4.69, 9.17) is 14.7 Å². The van der Waals surface area contributed by atoms with Gasteiger partial charge in [0.15, 0.2) is 5.96 Å². The number of imidazole rings is 1. The number of ether oxygens (including phenoxy) is 1. The summed E-state index contributed by atoms with van der Waals surface area (Å²) in [4.78, 5) is 14.7. The zero-order valence-electron chi connectivity index (χ0n) is 18.9. The van der Waals surface area contributed by atoms with Crippen molar-refractivity contribution in [2.45, 2.75) is 32.2 Å². The molecule has 5 rings (SSSR count). The van der Waals surface area contributed by atoms with E-state index < -0.39 is 0 Å². The molecule has 0 spiro atoms. The first-order valence-electron chi connectivity index (χ1n) is 11.6. The molecule has 7 heteroatoms. The van der Waals surface area contributed by atoms with Crippen molar-refractivity contribution in [3.63, 3.8) is 0 Å². The largest absolute Gasteiger partial charge is 0.373 e. The average molecular weight is 433 g/mol. The molecule has 2 aliphatic heterocycles. The van der Waals surface area contributed by atoms with Gasteiger partial charge >= 0.3 is 0 Å². The van der Waals surface area contributed by atoms with Gasteiger partial charge in [-0.25, -0.2) is 9.98 Å². The molecule has 2 fully saturated rings. The monoisotopic (exact) mass is 432 g/mol. The van der Waals surface area contributed by atoms with Crippen molar-refractivity contribution in [2.24, 2.45) is 12.0 Å². The van der Waals surface area contributed by atoms with E-state index in [-0.39, 0.29) is 6.10 Å². The maximum absolute atomic E-state index is 6.17.